The van der Waals surface area contributed by atoms with Crippen molar-refractivity contribution in [2.24, 2.45) is 0 Å². The molecule has 1 aliphatic rings. The maximum absolute atomic E-state index is 13.4. The fourth-order valence-corrected chi connectivity index (χ4v) is 5.96. The molecule has 0 saturated carbocycles. The summed E-state index contributed by atoms with van der Waals surface area (Å²) >= 11 is 1.34. The number of aromatic nitrogens is 1. The van der Waals surface area contributed by atoms with Crippen LogP contribution in [-0.4, -0.2) is 41.8 Å². The molecule has 1 aliphatic heterocycles. The van der Waals surface area contributed by atoms with Crippen LogP contribution >= 0.6 is 11.3 Å². The minimum atomic E-state index is -3.14. The standard InChI is InChI=1S/C20H19FN2O4S2/c21-15-4-1-3-14(9-15)20-22-16(12-28-20)10-19(24)23(11-18-5-2-7-27-18)17-6-8-29(25,26)13-17/h1-5,7,9,12,17H,6,8,10-11,13H2/t17-/m1/s1. The van der Waals surface area contributed by atoms with Gasteiger partial charge in [0.1, 0.15) is 16.6 Å². The lowest BCUT2D eigenvalue weighted by atomic mass is 10.1. The van der Waals surface area contributed by atoms with E-state index in [-0.39, 0.29) is 42.2 Å². The van der Waals surface area contributed by atoms with E-state index in [1.54, 1.807) is 34.5 Å². The quantitative estimate of drug-likeness (QED) is 0.595. The molecule has 2 aromatic heterocycles. The fourth-order valence-electron chi connectivity index (χ4n) is 3.41. The zero-order valence-corrected chi connectivity index (χ0v) is 17.1. The summed E-state index contributed by atoms with van der Waals surface area (Å²) in [7, 11) is -3.14. The SMILES string of the molecule is O=C(Cc1csc(-c2cccc(F)c2)n1)N(Cc1ccco1)[C@@H]1CCS(=O)(=O)C1. The van der Waals surface area contributed by atoms with E-state index >= 15 is 0 Å². The maximum atomic E-state index is 13.4. The van der Waals surface area contributed by atoms with Crippen LogP contribution < -0.4 is 0 Å². The molecule has 1 fully saturated rings. The van der Waals surface area contributed by atoms with E-state index in [1.165, 1.54) is 29.7 Å². The van der Waals surface area contributed by atoms with Gasteiger partial charge in [-0.05, 0) is 30.7 Å². The number of amides is 1. The molecular formula is C20H19FN2O4S2. The molecule has 0 unspecified atom stereocenters. The number of hydrogen-bond donors (Lipinski definition) is 0. The molecule has 0 N–H and O–H groups in total. The fraction of sp³-hybridized carbons (Fsp3) is 0.300. The molecule has 152 valence electrons. The van der Waals surface area contributed by atoms with Crippen LogP contribution in [0.3, 0.4) is 0 Å². The lowest BCUT2D eigenvalue weighted by Crippen LogP contribution is -2.41. The van der Waals surface area contributed by atoms with Gasteiger partial charge in [-0.15, -0.1) is 11.3 Å². The van der Waals surface area contributed by atoms with Crippen molar-refractivity contribution in [1.29, 1.82) is 0 Å². The molecule has 0 spiro atoms. The van der Waals surface area contributed by atoms with Gasteiger partial charge in [0.25, 0.3) is 0 Å². The largest absolute Gasteiger partial charge is 0.467 e. The van der Waals surface area contributed by atoms with E-state index in [4.69, 9.17) is 4.42 Å². The molecule has 0 radical (unpaired) electrons. The summed E-state index contributed by atoms with van der Waals surface area (Å²) in [4.78, 5) is 19.1. The number of hydrogen-bond acceptors (Lipinski definition) is 6. The zero-order valence-electron chi connectivity index (χ0n) is 15.5. The molecular weight excluding hydrogens is 415 g/mol. The van der Waals surface area contributed by atoms with Gasteiger partial charge in [-0.1, -0.05) is 12.1 Å². The molecule has 3 aromatic rings. The maximum Gasteiger partial charge on any atom is 0.229 e. The summed E-state index contributed by atoms with van der Waals surface area (Å²) < 4.78 is 42.6. The van der Waals surface area contributed by atoms with Crippen LogP contribution in [0.2, 0.25) is 0 Å². The average Bonchev–Trinajstić information content (AvgIpc) is 3.41. The van der Waals surface area contributed by atoms with Gasteiger partial charge in [-0.25, -0.2) is 17.8 Å². The average molecular weight is 435 g/mol. The molecule has 4 rings (SSSR count). The lowest BCUT2D eigenvalue weighted by molar-refractivity contribution is -0.133. The predicted molar refractivity (Wildman–Crippen MR) is 108 cm³/mol. The van der Waals surface area contributed by atoms with E-state index in [2.05, 4.69) is 4.98 Å². The summed E-state index contributed by atoms with van der Waals surface area (Å²) in [5.74, 6) is 0.0915. The van der Waals surface area contributed by atoms with Crippen LogP contribution in [0.15, 0.2) is 52.5 Å². The Morgan fingerprint density at radius 2 is 2.17 bits per heavy atom. The molecule has 6 nitrogen and oxygen atoms in total. The van der Waals surface area contributed by atoms with E-state index < -0.39 is 9.84 Å². The van der Waals surface area contributed by atoms with Crippen LogP contribution in [0.1, 0.15) is 17.9 Å². The van der Waals surface area contributed by atoms with Gasteiger partial charge < -0.3 is 9.32 Å². The monoisotopic (exact) mass is 434 g/mol. The molecule has 3 heterocycles. The second kappa shape index (κ2) is 8.08. The van der Waals surface area contributed by atoms with Crippen molar-refractivity contribution in [3.63, 3.8) is 0 Å². The van der Waals surface area contributed by atoms with Gasteiger partial charge in [0.15, 0.2) is 9.84 Å². The first-order valence-corrected chi connectivity index (χ1v) is 11.8. The first-order chi connectivity index (χ1) is 13.9. The number of thiazole rings is 1. The number of carbonyl (C=O) groups excluding carboxylic acids is 1. The first kappa shape index (κ1) is 19.8. The Morgan fingerprint density at radius 3 is 2.86 bits per heavy atom. The second-order valence-electron chi connectivity index (χ2n) is 6.99. The summed E-state index contributed by atoms with van der Waals surface area (Å²) in [6.07, 6.45) is 1.98. The van der Waals surface area contributed by atoms with Gasteiger partial charge in [0.2, 0.25) is 5.91 Å². The minimum Gasteiger partial charge on any atom is -0.467 e. The highest BCUT2D eigenvalue weighted by atomic mass is 32.2. The van der Waals surface area contributed by atoms with Crippen molar-refractivity contribution in [2.45, 2.75) is 25.4 Å². The van der Waals surface area contributed by atoms with Gasteiger partial charge in [-0.2, -0.15) is 0 Å². The van der Waals surface area contributed by atoms with Gasteiger partial charge in [0, 0.05) is 17.0 Å². The third-order valence-corrected chi connectivity index (χ3v) is 7.52. The van der Waals surface area contributed by atoms with Crippen LogP contribution in [0.4, 0.5) is 4.39 Å². The number of halogens is 1. The normalized spacial score (nSPS) is 18.0. The van der Waals surface area contributed by atoms with E-state index in [1.807, 2.05) is 0 Å². The van der Waals surface area contributed by atoms with E-state index in [0.717, 1.165) is 0 Å². The molecule has 1 amide bonds. The van der Waals surface area contributed by atoms with Crippen LogP contribution in [0.25, 0.3) is 10.6 Å². The molecule has 1 saturated heterocycles. The predicted octanol–water partition coefficient (Wildman–Crippen LogP) is 3.30. The number of rotatable bonds is 6. The lowest BCUT2D eigenvalue weighted by Gasteiger charge is -2.27. The molecule has 0 aliphatic carbocycles. The number of sulfone groups is 1. The number of benzene rings is 1. The number of furan rings is 1. The summed E-state index contributed by atoms with van der Waals surface area (Å²) in [6, 6.07) is 9.26. The second-order valence-corrected chi connectivity index (χ2v) is 10.1. The Balaban J connectivity index is 1.52. The van der Waals surface area contributed by atoms with Crippen molar-refractivity contribution < 1.29 is 22.0 Å². The van der Waals surface area contributed by atoms with E-state index in [9.17, 15) is 17.6 Å². The molecule has 29 heavy (non-hydrogen) atoms. The highest BCUT2D eigenvalue weighted by Gasteiger charge is 2.35. The summed E-state index contributed by atoms with van der Waals surface area (Å²) in [5, 5.41) is 2.41. The summed E-state index contributed by atoms with van der Waals surface area (Å²) in [5.41, 5.74) is 1.23. The highest BCUT2D eigenvalue weighted by molar-refractivity contribution is 7.91. The Hall–Kier alpha value is -2.52. The third kappa shape index (κ3) is 4.73. The van der Waals surface area contributed by atoms with Gasteiger partial charge in [-0.3, -0.25) is 4.79 Å². The summed E-state index contributed by atoms with van der Waals surface area (Å²) in [6.45, 7) is 0.215. The zero-order chi connectivity index (χ0) is 20.4. The molecule has 9 heteroatoms. The van der Waals surface area contributed by atoms with Crippen molar-refractivity contribution in [3.05, 3.63) is 65.3 Å². The van der Waals surface area contributed by atoms with Crippen molar-refractivity contribution in [1.82, 2.24) is 9.88 Å². The Bertz CT molecular complexity index is 1110. The smallest absolute Gasteiger partial charge is 0.229 e. The van der Waals surface area contributed by atoms with Crippen molar-refractivity contribution in [3.8, 4) is 10.6 Å². The van der Waals surface area contributed by atoms with Gasteiger partial charge >= 0.3 is 0 Å². The Labute approximate surface area is 171 Å². The van der Waals surface area contributed by atoms with Crippen molar-refractivity contribution in [2.75, 3.05) is 11.5 Å². The Morgan fingerprint density at radius 1 is 1.31 bits per heavy atom. The van der Waals surface area contributed by atoms with E-state index in [0.29, 0.717) is 28.4 Å². The Kier molecular flexibility index (Phi) is 5.51. The minimum absolute atomic E-state index is 0.0367. The van der Waals surface area contributed by atoms with Crippen LogP contribution in [0.5, 0.6) is 0 Å². The molecule has 0 bridgehead atoms. The topological polar surface area (TPSA) is 80.5 Å². The number of nitrogens with zero attached hydrogens (tertiary/aromatic N) is 2. The number of carbonyl (C=O) groups is 1. The van der Waals surface area contributed by atoms with Crippen molar-refractivity contribution >= 4 is 27.1 Å². The molecule has 1 atom stereocenters. The highest BCUT2D eigenvalue weighted by Crippen LogP contribution is 2.26. The van der Waals surface area contributed by atoms with Crippen LogP contribution in [0, 0.1) is 5.82 Å². The third-order valence-electron chi connectivity index (χ3n) is 4.83. The van der Waals surface area contributed by atoms with Gasteiger partial charge in [0.05, 0.1) is 36.4 Å². The first-order valence-electron chi connectivity index (χ1n) is 9.12. The van der Waals surface area contributed by atoms with Crippen LogP contribution in [-0.2, 0) is 27.6 Å². The molecule has 1 aromatic carbocycles.